The Hall–Kier alpha value is -2.77. The van der Waals surface area contributed by atoms with E-state index in [1.807, 2.05) is 39.0 Å². The van der Waals surface area contributed by atoms with Gasteiger partial charge in [0.1, 0.15) is 5.75 Å². The van der Waals surface area contributed by atoms with Crippen LogP contribution in [-0.4, -0.2) is 52.7 Å². The largest absolute Gasteiger partial charge is 0.489 e. The lowest BCUT2D eigenvalue weighted by Gasteiger charge is -2.39. The Morgan fingerprint density at radius 1 is 1.32 bits per heavy atom. The van der Waals surface area contributed by atoms with Crippen molar-refractivity contribution in [1.82, 2.24) is 14.8 Å². The number of nitrogens with two attached hydrogens (primary N) is 1. The summed E-state index contributed by atoms with van der Waals surface area (Å²) in [7, 11) is 0. The van der Waals surface area contributed by atoms with Crippen LogP contribution in [0, 0.1) is 0 Å². The van der Waals surface area contributed by atoms with E-state index in [-0.39, 0.29) is 12.1 Å². The van der Waals surface area contributed by atoms with Crippen molar-refractivity contribution >= 4 is 23.4 Å². The van der Waals surface area contributed by atoms with Crippen molar-refractivity contribution in [1.29, 1.82) is 0 Å². The molecule has 166 valence electrons. The molecule has 2 N–H and O–H groups in total. The third kappa shape index (κ3) is 6.12. The van der Waals surface area contributed by atoms with Crippen molar-refractivity contribution in [2.75, 3.05) is 19.6 Å². The lowest BCUT2D eigenvalue weighted by atomic mass is 10.1. The van der Waals surface area contributed by atoms with Crippen LogP contribution in [0.1, 0.15) is 31.9 Å². The standard InChI is InChI=1S/C23H29ClN4O3/c1-15(2)30-22-9-18(5-6-21(22)24)14-27-7-8-28(16(3)13-27)23(29)31-20-10-19(17(4)25)11-26-12-20/h5-6,9-12,15-16H,4,7-8,13-14,25H2,1-3H3/t16-/m0/s1. The maximum absolute atomic E-state index is 12.7. The van der Waals surface area contributed by atoms with E-state index in [9.17, 15) is 4.79 Å². The molecule has 3 rings (SSSR count). The third-order valence-electron chi connectivity index (χ3n) is 5.00. The average molecular weight is 445 g/mol. The Kier molecular flexibility index (Phi) is 7.41. The Bertz CT molecular complexity index is 950. The second-order valence-corrected chi connectivity index (χ2v) is 8.42. The first-order valence-corrected chi connectivity index (χ1v) is 10.7. The maximum Gasteiger partial charge on any atom is 0.415 e. The first-order valence-electron chi connectivity index (χ1n) is 10.3. The van der Waals surface area contributed by atoms with Crippen LogP contribution in [0.4, 0.5) is 4.79 Å². The highest BCUT2D eigenvalue weighted by molar-refractivity contribution is 6.32. The Balaban J connectivity index is 1.58. The first kappa shape index (κ1) is 22.9. The Morgan fingerprint density at radius 3 is 2.77 bits per heavy atom. The van der Waals surface area contributed by atoms with E-state index in [0.29, 0.717) is 34.3 Å². The van der Waals surface area contributed by atoms with Crippen LogP contribution in [0.5, 0.6) is 11.5 Å². The highest BCUT2D eigenvalue weighted by Gasteiger charge is 2.29. The molecule has 1 amide bonds. The average Bonchev–Trinajstić information content (AvgIpc) is 2.70. The van der Waals surface area contributed by atoms with E-state index in [1.165, 1.54) is 6.20 Å². The summed E-state index contributed by atoms with van der Waals surface area (Å²) in [5.74, 6) is 1.04. The van der Waals surface area contributed by atoms with Gasteiger partial charge in [-0.3, -0.25) is 9.88 Å². The van der Waals surface area contributed by atoms with Gasteiger partial charge < -0.3 is 20.1 Å². The highest BCUT2D eigenvalue weighted by Crippen LogP contribution is 2.27. The van der Waals surface area contributed by atoms with Gasteiger partial charge in [-0.05, 0) is 44.5 Å². The number of carbonyl (C=O) groups excluding carboxylic acids is 1. The summed E-state index contributed by atoms with van der Waals surface area (Å²) in [4.78, 5) is 20.8. The van der Waals surface area contributed by atoms with Gasteiger partial charge in [-0.1, -0.05) is 24.2 Å². The highest BCUT2D eigenvalue weighted by atomic mass is 35.5. The number of benzene rings is 1. The second kappa shape index (κ2) is 10.0. The van der Waals surface area contributed by atoms with Crippen molar-refractivity contribution < 1.29 is 14.3 Å². The zero-order chi connectivity index (χ0) is 22.5. The molecule has 1 aliphatic rings. The number of aromatic nitrogens is 1. The van der Waals surface area contributed by atoms with E-state index in [1.54, 1.807) is 17.2 Å². The molecule has 0 unspecified atom stereocenters. The lowest BCUT2D eigenvalue weighted by Crippen LogP contribution is -2.54. The number of ether oxygens (including phenoxy) is 2. The molecule has 1 atom stereocenters. The van der Waals surface area contributed by atoms with Gasteiger partial charge in [0.15, 0.2) is 5.75 Å². The fourth-order valence-electron chi connectivity index (χ4n) is 3.51. The molecular formula is C23H29ClN4O3. The monoisotopic (exact) mass is 444 g/mol. The summed E-state index contributed by atoms with van der Waals surface area (Å²) in [6, 6.07) is 7.51. The summed E-state index contributed by atoms with van der Waals surface area (Å²) in [5, 5.41) is 0.607. The normalized spacial score (nSPS) is 16.9. The predicted octanol–water partition coefficient (Wildman–Crippen LogP) is 4.16. The molecule has 2 aromatic rings. The van der Waals surface area contributed by atoms with Gasteiger partial charge in [0.25, 0.3) is 0 Å². The fourth-order valence-corrected chi connectivity index (χ4v) is 3.67. The van der Waals surface area contributed by atoms with Crippen molar-refractivity contribution in [2.45, 2.75) is 39.5 Å². The number of hydrogen-bond acceptors (Lipinski definition) is 6. The molecular weight excluding hydrogens is 416 g/mol. The van der Waals surface area contributed by atoms with Crippen LogP contribution >= 0.6 is 11.6 Å². The molecule has 1 aliphatic heterocycles. The van der Waals surface area contributed by atoms with Gasteiger partial charge in [-0.25, -0.2) is 4.79 Å². The van der Waals surface area contributed by atoms with E-state index in [4.69, 9.17) is 26.8 Å². The molecule has 2 heterocycles. The van der Waals surface area contributed by atoms with Crippen LogP contribution in [-0.2, 0) is 6.54 Å². The molecule has 0 radical (unpaired) electrons. The Morgan fingerprint density at radius 2 is 2.10 bits per heavy atom. The molecule has 8 heteroatoms. The van der Waals surface area contributed by atoms with Crippen LogP contribution in [0.2, 0.25) is 5.02 Å². The fraction of sp³-hybridized carbons (Fsp3) is 0.391. The van der Waals surface area contributed by atoms with Crippen LogP contribution in [0.3, 0.4) is 0 Å². The van der Waals surface area contributed by atoms with Crippen molar-refractivity contribution in [3.8, 4) is 11.5 Å². The molecule has 31 heavy (non-hydrogen) atoms. The second-order valence-electron chi connectivity index (χ2n) is 8.01. The van der Waals surface area contributed by atoms with Crippen molar-refractivity contribution in [3.05, 3.63) is 59.4 Å². The van der Waals surface area contributed by atoms with E-state index >= 15 is 0 Å². The minimum Gasteiger partial charge on any atom is -0.489 e. The molecule has 0 bridgehead atoms. The number of rotatable bonds is 6. The van der Waals surface area contributed by atoms with Gasteiger partial charge >= 0.3 is 6.09 Å². The quantitative estimate of drug-likeness (QED) is 0.720. The minimum atomic E-state index is -0.396. The molecule has 1 aromatic heterocycles. The molecule has 1 fully saturated rings. The van der Waals surface area contributed by atoms with Gasteiger partial charge in [0.2, 0.25) is 0 Å². The predicted molar refractivity (Wildman–Crippen MR) is 122 cm³/mol. The summed E-state index contributed by atoms with van der Waals surface area (Å²) in [5.41, 5.74) is 7.81. The number of amides is 1. The molecule has 1 saturated heterocycles. The third-order valence-corrected chi connectivity index (χ3v) is 5.31. The molecule has 0 aliphatic carbocycles. The molecule has 0 saturated carbocycles. The Labute approximate surface area is 188 Å². The zero-order valence-electron chi connectivity index (χ0n) is 18.2. The van der Waals surface area contributed by atoms with Crippen molar-refractivity contribution in [3.63, 3.8) is 0 Å². The lowest BCUT2D eigenvalue weighted by molar-refractivity contribution is 0.0751. The zero-order valence-corrected chi connectivity index (χ0v) is 18.9. The summed E-state index contributed by atoms with van der Waals surface area (Å²) >= 11 is 6.24. The number of pyridine rings is 1. The SMILES string of the molecule is C=C(N)c1cncc(OC(=O)N2CCN(Cc3ccc(Cl)c(OC(C)C)c3)C[C@@H]2C)c1. The van der Waals surface area contributed by atoms with E-state index < -0.39 is 6.09 Å². The number of carbonyl (C=O) groups is 1. The first-order chi connectivity index (χ1) is 14.7. The topological polar surface area (TPSA) is 80.9 Å². The van der Waals surface area contributed by atoms with Gasteiger partial charge in [0.05, 0.1) is 17.3 Å². The number of piperazine rings is 1. The summed E-state index contributed by atoms with van der Waals surface area (Å²) < 4.78 is 11.3. The smallest absolute Gasteiger partial charge is 0.415 e. The summed E-state index contributed by atoms with van der Waals surface area (Å²) in [6.45, 7) is 12.4. The van der Waals surface area contributed by atoms with Gasteiger partial charge in [-0.2, -0.15) is 0 Å². The van der Waals surface area contributed by atoms with Crippen LogP contribution in [0.25, 0.3) is 5.70 Å². The molecule has 0 spiro atoms. The maximum atomic E-state index is 12.7. The number of halogens is 1. The number of nitrogens with zero attached hydrogens (tertiary/aromatic N) is 3. The molecule has 1 aromatic carbocycles. The van der Waals surface area contributed by atoms with E-state index in [0.717, 1.165) is 25.2 Å². The van der Waals surface area contributed by atoms with Gasteiger partial charge in [0, 0.05) is 49.7 Å². The summed E-state index contributed by atoms with van der Waals surface area (Å²) in [6.07, 6.45) is 2.73. The minimum absolute atomic E-state index is 0.000509. The molecule has 7 nitrogen and oxygen atoms in total. The van der Waals surface area contributed by atoms with Crippen molar-refractivity contribution in [2.24, 2.45) is 5.73 Å². The van der Waals surface area contributed by atoms with E-state index in [2.05, 4.69) is 16.5 Å². The number of hydrogen-bond donors (Lipinski definition) is 1. The van der Waals surface area contributed by atoms with Crippen LogP contribution < -0.4 is 15.2 Å². The van der Waals surface area contributed by atoms with Gasteiger partial charge in [-0.15, -0.1) is 0 Å². The van der Waals surface area contributed by atoms with Crippen LogP contribution in [0.15, 0.2) is 43.2 Å².